The summed E-state index contributed by atoms with van der Waals surface area (Å²) in [5.41, 5.74) is 0.0143. The number of nitro groups is 1. The van der Waals surface area contributed by atoms with Crippen molar-refractivity contribution < 1.29 is 29.2 Å². The quantitative estimate of drug-likeness (QED) is 0.340. The molecular weight excluding hydrogens is 394 g/mol. The predicted octanol–water partition coefficient (Wildman–Crippen LogP) is 1.96. The molecule has 0 saturated carbocycles. The van der Waals surface area contributed by atoms with Gasteiger partial charge >= 0.3 is 5.97 Å². The number of nitro benzene ring substituents is 1. The number of carboxylic acid groups (broad SMARTS) is 1. The Hall–Kier alpha value is -4.21. The van der Waals surface area contributed by atoms with Crippen LogP contribution in [-0.2, 0) is 9.59 Å². The molecule has 3 N–H and O–H groups in total. The second-order valence-corrected chi connectivity index (χ2v) is 6.13. The van der Waals surface area contributed by atoms with Crippen molar-refractivity contribution in [2.24, 2.45) is 0 Å². The van der Waals surface area contributed by atoms with E-state index < -0.39 is 28.7 Å². The van der Waals surface area contributed by atoms with Gasteiger partial charge in [-0.25, -0.2) is 0 Å². The smallest absolute Gasteiger partial charge is 0.325 e. The number of nitrogens with zero attached hydrogens (tertiary/aromatic N) is 1. The minimum Gasteiger partial charge on any atom is -0.497 e. The first-order valence-electron chi connectivity index (χ1n) is 8.66. The molecule has 2 aromatic rings. The van der Waals surface area contributed by atoms with Gasteiger partial charge in [0.2, 0.25) is 0 Å². The number of hydrogen-bond acceptors (Lipinski definition) is 6. The molecule has 1 unspecified atom stereocenters. The number of rotatable bonds is 8. The summed E-state index contributed by atoms with van der Waals surface area (Å²) in [6.45, 7) is 1.26. The fourth-order valence-electron chi connectivity index (χ4n) is 2.33. The predicted molar refractivity (Wildman–Crippen MR) is 107 cm³/mol. The average Bonchev–Trinajstić information content (AvgIpc) is 2.73. The number of ether oxygens (including phenoxy) is 1. The molecule has 0 aliphatic carbocycles. The molecule has 10 nitrogen and oxygen atoms in total. The fourth-order valence-corrected chi connectivity index (χ4v) is 2.33. The molecule has 0 aliphatic rings. The van der Waals surface area contributed by atoms with Crippen molar-refractivity contribution in [3.63, 3.8) is 0 Å². The van der Waals surface area contributed by atoms with Crippen LogP contribution in [0.1, 0.15) is 22.8 Å². The van der Waals surface area contributed by atoms with Crippen LogP contribution >= 0.6 is 0 Å². The first-order valence-corrected chi connectivity index (χ1v) is 8.66. The Kier molecular flexibility index (Phi) is 7.23. The van der Waals surface area contributed by atoms with E-state index in [1.807, 2.05) is 0 Å². The van der Waals surface area contributed by atoms with Crippen LogP contribution in [0.3, 0.4) is 0 Å². The van der Waals surface area contributed by atoms with Gasteiger partial charge in [-0.15, -0.1) is 0 Å². The fraction of sp³-hybridized carbons (Fsp3) is 0.150. The van der Waals surface area contributed by atoms with Crippen molar-refractivity contribution in [3.8, 4) is 5.75 Å². The Morgan fingerprint density at radius 3 is 2.40 bits per heavy atom. The summed E-state index contributed by atoms with van der Waals surface area (Å²) in [4.78, 5) is 46.5. The topological polar surface area (TPSA) is 148 Å². The molecule has 0 heterocycles. The van der Waals surface area contributed by atoms with Gasteiger partial charge in [0.05, 0.1) is 12.0 Å². The summed E-state index contributed by atoms with van der Waals surface area (Å²) in [7, 11) is 1.48. The summed E-state index contributed by atoms with van der Waals surface area (Å²) in [6, 6.07) is 10.3. The highest BCUT2D eigenvalue weighted by Crippen LogP contribution is 2.16. The van der Waals surface area contributed by atoms with E-state index in [1.54, 1.807) is 12.1 Å². The minimum absolute atomic E-state index is 0.205. The minimum atomic E-state index is -1.26. The van der Waals surface area contributed by atoms with Crippen molar-refractivity contribution in [1.82, 2.24) is 10.6 Å². The number of aliphatic carboxylic acids is 1. The number of carboxylic acids is 1. The van der Waals surface area contributed by atoms with E-state index in [4.69, 9.17) is 9.84 Å². The third-order valence-corrected chi connectivity index (χ3v) is 3.96. The second kappa shape index (κ2) is 9.82. The number of amides is 2. The van der Waals surface area contributed by atoms with Gasteiger partial charge in [-0.3, -0.25) is 24.5 Å². The van der Waals surface area contributed by atoms with E-state index in [1.165, 1.54) is 56.5 Å². The van der Waals surface area contributed by atoms with Gasteiger partial charge in [0.15, 0.2) is 0 Å². The van der Waals surface area contributed by atoms with Gasteiger partial charge in [0, 0.05) is 17.7 Å². The third kappa shape index (κ3) is 5.89. The first kappa shape index (κ1) is 22.1. The molecule has 2 rings (SSSR count). The van der Waals surface area contributed by atoms with E-state index in [0.29, 0.717) is 5.75 Å². The standard InChI is InChI=1S/C20H19N3O7/c1-12(20(26)27)21-19(25)17(11-13-4-3-5-15(10-13)23(28)29)22-18(24)14-6-8-16(30-2)9-7-14/h3-12H,1-2H3,(H,21,25)(H,22,24)(H,26,27)/b17-11-. The van der Waals surface area contributed by atoms with E-state index in [2.05, 4.69) is 10.6 Å². The zero-order valence-electron chi connectivity index (χ0n) is 16.1. The van der Waals surface area contributed by atoms with Crippen LogP contribution in [0.15, 0.2) is 54.2 Å². The number of hydrogen-bond donors (Lipinski definition) is 3. The summed E-state index contributed by atoms with van der Waals surface area (Å²) in [5.74, 6) is -2.22. The number of non-ortho nitro benzene ring substituents is 1. The van der Waals surface area contributed by atoms with Crippen LogP contribution in [0.2, 0.25) is 0 Å². The molecule has 0 aliphatic heterocycles. The van der Waals surface area contributed by atoms with Crippen LogP contribution in [0.25, 0.3) is 6.08 Å². The maximum Gasteiger partial charge on any atom is 0.325 e. The van der Waals surface area contributed by atoms with Gasteiger partial charge in [-0.05, 0) is 42.8 Å². The van der Waals surface area contributed by atoms with Gasteiger partial charge in [0.25, 0.3) is 17.5 Å². The van der Waals surface area contributed by atoms with Crippen LogP contribution in [0.4, 0.5) is 5.69 Å². The lowest BCUT2D eigenvalue weighted by atomic mass is 10.1. The summed E-state index contributed by atoms with van der Waals surface area (Å²) >= 11 is 0. The lowest BCUT2D eigenvalue weighted by Gasteiger charge is -2.13. The number of nitrogens with one attached hydrogen (secondary N) is 2. The Morgan fingerprint density at radius 1 is 1.17 bits per heavy atom. The number of carbonyl (C=O) groups excluding carboxylic acids is 2. The SMILES string of the molecule is COc1ccc(C(=O)N/C(=C\c2cccc([N+](=O)[O-])c2)C(=O)NC(C)C(=O)O)cc1. The van der Waals surface area contributed by atoms with E-state index in [0.717, 1.165) is 0 Å². The van der Waals surface area contributed by atoms with Crippen LogP contribution < -0.4 is 15.4 Å². The molecule has 2 aromatic carbocycles. The molecule has 10 heteroatoms. The molecule has 0 fully saturated rings. The Balaban J connectivity index is 2.35. The number of methoxy groups -OCH3 is 1. The summed E-state index contributed by atoms with van der Waals surface area (Å²) in [6.07, 6.45) is 1.22. The average molecular weight is 413 g/mol. The lowest BCUT2D eigenvalue weighted by molar-refractivity contribution is -0.384. The van der Waals surface area contributed by atoms with Crippen LogP contribution in [-0.4, -0.2) is 41.0 Å². The van der Waals surface area contributed by atoms with E-state index in [-0.39, 0.29) is 22.5 Å². The maximum absolute atomic E-state index is 12.5. The summed E-state index contributed by atoms with van der Waals surface area (Å²) < 4.78 is 5.03. The molecule has 0 aromatic heterocycles. The highest BCUT2D eigenvalue weighted by Gasteiger charge is 2.20. The zero-order valence-corrected chi connectivity index (χ0v) is 16.1. The molecule has 2 amide bonds. The molecule has 1 atom stereocenters. The lowest BCUT2D eigenvalue weighted by Crippen LogP contribution is -2.42. The molecule has 0 radical (unpaired) electrons. The van der Waals surface area contributed by atoms with E-state index >= 15 is 0 Å². The molecule has 0 spiro atoms. The van der Waals surface area contributed by atoms with Gasteiger partial charge in [0.1, 0.15) is 17.5 Å². The number of benzene rings is 2. The van der Waals surface area contributed by atoms with Crippen molar-refractivity contribution in [1.29, 1.82) is 0 Å². The molecule has 0 saturated heterocycles. The van der Waals surface area contributed by atoms with Crippen molar-refractivity contribution >= 4 is 29.5 Å². The first-order chi connectivity index (χ1) is 14.2. The largest absolute Gasteiger partial charge is 0.497 e. The summed E-state index contributed by atoms with van der Waals surface area (Å²) in [5, 5.41) is 24.6. The Bertz CT molecular complexity index is 1000. The number of carbonyl (C=O) groups is 3. The normalized spacial score (nSPS) is 11.9. The third-order valence-electron chi connectivity index (χ3n) is 3.96. The molecule has 30 heavy (non-hydrogen) atoms. The van der Waals surface area contributed by atoms with E-state index in [9.17, 15) is 24.5 Å². The second-order valence-electron chi connectivity index (χ2n) is 6.13. The van der Waals surface area contributed by atoms with Gasteiger partial charge in [-0.2, -0.15) is 0 Å². The van der Waals surface area contributed by atoms with Crippen molar-refractivity contribution in [2.75, 3.05) is 7.11 Å². The maximum atomic E-state index is 12.5. The monoisotopic (exact) mass is 413 g/mol. The molecule has 156 valence electrons. The highest BCUT2D eigenvalue weighted by molar-refractivity contribution is 6.06. The molecular formula is C20H19N3O7. The molecule has 0 bridgehead atoms. The van der Waals surface area contributed by atoms with Crippen molar-refractivity contribution in [3.05, 3.63) is 75.5 Å². The van der Waals surface area contributed by atoms with Gasteiger partial charge in [-0.1, -0.05) is 12.1 Å². The zero-order chi connectivity index (χ0) is 22.3. The Labute approximate surface area is 171 Å². The van der Waals surface area contributed by atoms with Crippen LogP contribution in [0, 0.1) is 10.1 Å². The van der Waals surface area contributed by atoms with Crippen LogP contribution in [0.5, 0.6) is 5.75 Å². The highest BCUT2D eigenvalue weighted by atomic mass is 16.6. The Morgan fingerprint density at radius 2 is 1.83 bits per heavy atom. The van der Waals surface area contributed by atoms with Gasteiger partial charge < -0.3 is 20.5 Å². The van der Waals surface area contributed by atoms with Crippen molar-refractivity contribution in [2.45, 2.75) is 13.0 Å².